The smallest absolute Gasteiger partial charge is 0.235 e. The van der Waals surface area contributed by atoms with E-state index >= 15 is 0 Å². The highest BCUT2D eigenvalue weighted by atomic mass is 32.2. The van der Waals surface area contributed by atoms with Crippen LogP contribution in [0.5, 0.6) is 0 Å². The number of thioether (sulfide) groups is 1. The molecule has 0 radical (unpaired) electrons. The number of hydrogen-bond donors (Lipinski definition) is 2. The third-order valence-corrected chi connectivity index (χ3v) is 5.91. The van der Waals surface area contributed by atoms with E-state index < -0.39 is 16.9 Å². The summed E-state index contributed by atoms with van der Waals surface area (Å²) in [7, 11) is 0. The highest BCUT2D eigenvalue weighted by molar-refractivity contribution is 8.00. The number of aryl methyl sites for hydroxylation is 1. The highest BCUT2D eigenvalue weighted by Gasteiger charge is 2.32. The van der Waals surface area contributed by atoms with Crippen LogP contribution in [0.1, 0.15) is 22.1 Å². The van der Waals surface area contributed by atoms with Gasteiger partial charge in [-0.2, -0.15) is 9.78 Å². The Labute approximate surface area is 166 Å². The van der Waals surface area contributed by atoms with E-state index in [1.54, 1.807) is 6.92 Å². The Bertz CT molecular complexity index is 1270. The van der Waals surface area contributed by atoms with Gasteiger partial charge < -0.3 is 10.3 Å². The van der Waals surface area contributed by atoms with Crippen molar-refractivity contribution in [1.29, 1.82) is 0 Å². The lowest BCUT2D eigenvalue weighted by Crippen LogP contribution is -2.16. The van der Waals surface area contributed by atoms with Crippen LogP contribution >= 0.6 is 11.8 Å². The van der Waals surface area contributed by atoms with Crippen molar-refractivity contribution >= 4 is 34.7 Å². The fourth-order valence-electron chi connectivity index (χ4n) is 3.41. The van der Waals surface area contributed by atoms with Crippen molar-refractivity contribution in [3.05, 3.63) is 59.3 Å². The molecule has 4 heterocycles. The minimum absolute atomic E-state index is 0.110. The van der Waals surface area contributed by atoms with Gasteiger partial charge in [-0.05, 0) is 13.0 Å². The molecule has 2 N–H and O–H groups in total. The number of rotatable bonds is 2. The molecule has 1 amide bonds. The number of aromatic nitrogens is 6. The predicted molar refractivity (Wildman–Crippen MR) is 103 cm³/mol. The van der Waals surface area contributed by atoms with E-state index in [4.69, 9.17) is 0 Å². The number of imidazole rings is 1. The monoisotopic (exact) mass is 413 g/mol. The Hall–Kier alpha value is -3.34. The van der Waals surface area contributed by atoms with Crippen LogP contribution in [-0.2, 0) is 4.79 Å². The minimum atomic E-state index is -0.673. The molecule has 0 unspecified atom stereocenters. The molecule has 4 aromatic rings. The van der Waals surface area contributed by atoms with Crippen molar-refractivity contribution in [3.8, 4) is 5.82 Å². The third-order valence-electron chi connectivity index (χ3n) is 4.66. The van der Waals surface area contributed by atoms with Crippen molar-refractivity contribution in [2.45, 2.75) is 12.2 Å². The van der Waals surface area contributed by atoms with Crippen LogP contribution in [0.3, 0.4) is 0 Å². The van der Waals surface area contributed by atoms with Gasteiger partial charge >= 0.3 is 0 Å². The molecule has 1 aliphatic heterocycles. The molecule has 0 aliphatic carbocycles. The molecular weight excluding hydrogens is 400 g/mol. The average Bonchev–Trinajstić information content (AvgIpc) is 3.24. The van der Waals surface area contributed by atoms with E-state index in [1.165, 1.54) is 41.2 Å². The number of aromatic amines is 1. The molecule has 8 nitrogen and oxygen atoms in total. The maximum atomic E-state index is 14.6. The van der Waals surface area contributed by atoms with E-state index in [2.05, 4.69) is 30.4 Å². The van der Waals surface area contributed by atoms with Gasteiger partial charge in [0.2, 0.25) is 5.91 Å². The number of carbonyl (C=O) groups excluding carboxylic acids is 1. The quantitative estimate of drug-likeness (QED) is 0.524. The largest absolute Gasteiger partial charge is 0.340 e. The minimum Gasteiger partial charge on any atom is -0.340 e. The van der Waals surface area contributed by atoms with Gasteiger partial charge in [0.25, 0.3) is 0 Å². The first-order chi connectivity index (χ1) is 14.0. The van der Waals surface area contributed by atoms with Crippen LogP contribution < -0.4 is 5.32 Å². The van der Waals surface area contributed by atoms with E-state index in [-0.39, 0.29) is 17.2 Å². The Kier molecular flexibility index (Phi) is 4.05. The Morgan fingerprint density at radius 1 is 1.24 bits per heavy atom. The van der Waals surface area contributed by atoms with E-state index in [0.29, 0.717) is 34.1 Å². The Morgan fingerprint density at radius 3 is 2.93 bits per heavy atom. The molecular formula is C18H13F2N7OS. The summed E-state index contributed by atoms with van der Waals surface area (Å²) in [6.07, 6.45) is 2.84. The molecule has 0 spiro atoms. The highest BCUT2D eigenvalue weighted by Crippen LogP contribution is 2.44. The molecule has 29 heavy (non-hydrogen) atoms. The summed E-state index contributed by atoms with van der Waals surface area (Å²) in [5.41, 5.74) is 2.51. The summed E-state index contributed by atoms with van der Waals surface area (Å²) in [6, 6.07) is 3.45. The second-order valence-corrected chi connectivity index (χ2v) is 7.56. The molecule has 0 saturated carbocycles. The molecule has 0 bridgehead atoms. The summed E-state index contributed by atoms with van der Waals surface area (Å²) < 4.78 is 29.5. The SMILES string of the molecule is Cc1nn(-c2ncnc3nc[nH]c23)c2c1[C@@H](c1ccc(F)cc1F)SCC(=O)N2. The van der Waals surface area contributed by atoms with E-state index in [9.17, 15) is 13.6 Å². The number of amides is 1. The van der Waals surface area contributed by atoms with Gasteiger partial charge in [0, 0.05) is 17.2 Å². The molecule has 3 aromatic heterocycles. The number of benzene rings is 1. The van der Waals surface area contributed by atoms with Crippen LogP contribution in [0.4, 0.5) is 14.6 Å². The summed E-state index contributed by atoms with van der Waals surface area (Å²) >= 11 is 1.26. The number of carbonyl (C=O) groups is 1. The van der Waals surface area contributed by atoms with Crippen molar-refractivity contribution in [2.24, 2.45) is 0 Å². The lowest BCUT2D eigenvalue weighted by Gasteiger charge is -2.16. The molecule has 0 fully saturated rings. The van der Waals surface area contributed by atoms with Gasteiger partial charge in [-0.15, -0.1) is 11.8 Å². The lowest BCUT2D eigenvalue weighted by atomic mass is 10.0. The number of nitrogens with zero attached hydrogens (tertiary/aromatic N) is 5. The van der Waals surface area contributed by atoms with Crippen LogP contribution in [-0.4, -0.2) is 41.4 Å². The third kappa shape index (κ3) is 2.85. The zero-order chi connectivity index (χ0) is 20.1. The Morgan fingerprint density at radius 2 is 2.10 bits per heavy atom. The molecule has 0 saturated heterocycles. The predicted octanol–water partition coefficient (Wildman–Crippen LogP) is 2.90. The summed E-state index contributed by atoms with van der Waals surface area (Å²) in [4.78, 5) is 27.9. The van der Waals surface area contributed by atoms with Crippen LogP contribution in [0.2, 0.25) is 0 Å². The molecule has 1 atom stereocenters. The van der Waals surface area contributed by atoms with Crippen LogP contribution in [0.25, 0.3) is 17.0 Å². The average molecular weight is 413 g/mol. The lowest BCUT2D eigenvalue weighted by molar-refractivity contribution is -0.113. The molecule has 5 rings (SSSR count). The van der Waals surface area contributed by atoms with Crippen LogP contribution in [0, 0.1) is 18.6 Å². The number of hydrogen-bond acceptors (Lipinski definition) is 6. The molecule has 11 heteroatoms. The van der Waals surface area contributed by atoms with Gasteiger partial charge in [-0.25, -0.2) is 23.7 Å². The van der Waals surface area contributed by atoms with Crippen molar-refractivity contribution in [1.82, 2.24) is 29.7 Å². The van der Waals surface area contributed by atoms with Crippen molar-refractivity contribution in [2.75, 3.05) is 11.1 Å². The molecule has 1 aromatic carbocycles. The topological polar surface area (TPSA) is 101 Å². The summed E-state index contributed by atoms with van der Waals surface area (Å²) in [6.45, 7) is 1.77. The zero-order valence-electron chi connectivity index (χ0n) is 15.0. The summed E-state index contributed by atoms with van der Waals surface area (Å²) in [5.74, 6) is -0.679. The normalized spacial score (nSPS) is 16.5. The fourth-order valence-corrected chi connectivity index (χ4v) is 4.62. The number of anilines is 1. The molecule has 1 aliphatic rings. The first kappa shape index (κ1) is 17.7. The maximum absolute atomic E-state index is 14.6. The Balaban J connectivity index is 1.74. The zero-order valence-corrected chi connectivity index (χ0v) is 15.8. The summed E-state index contributed by atoms with van der Waals surface area (Å²) in [5, 5.41) is 6.85. The number of halogens is 2. The standard InChI is InChI=1S/C18H13F2N7OS/c1-8-13-15(10-3-2-9(19)4-11(10)20)29-5-12(28)25-17(13)27(26-8)18-14-16(22-6-21-14)23-7-24-18/h2-4,6-7,15H,5H2,1H3,(H,25,28)(H,21,22,23,24)/t15-/m1/s1. The van der Waals surface area contributed by atoms with Gasteiger partial charge in [-0.1, -0.05) is 6.07 Å². The second kappa shape index (κ2) is 6.62. The van der Waals surface area contributed by atoms with Gasteiger partial charge in [0.05, 0.1) is 23.0 Å². The van der Waals surface area contributed by atoms with Gasteiger partial charge in [-0.3, -0.25) is 4.79 Å². The van der Waals surface area contributed by atoms with Gasteiger partial charge in [0.1, 0.15) is 29.3 Å². The van der Waals surface area contributed by atoms with E-state index in [0.717, 1.165) is 6.07 Å². The first-order valence-electron chi connectivity index (χ1n) is 8.63. The number of H-pyrrole nitrogens is 1. The van der Waals surface area contributed by atoms with Crippen molar-refractivity contribution < 1.29 is 13.6 Å². The first-order valence-corrected chi connectivity index (χ1v) is 9.68. The number of nitrogens with one attached hydrogen (secondary N) is 2. The molecule has 146 valence electrons. The number of fused-ring (bicyclic) bond motifs is 2. The second-order valence-electron chi connectivity index (χ2n) is 6.46. The van der Waals surface area contributed by atoms with Crippen molar-refractivity contribution in [3.63, 3.8) is 0 Å². The van der Waals surface area contributed by atoms with Gasteiger partial charge in [0.15, 0.2) is 11.5 Å². The van der Waals surface area contributed by atoms with E-state index in [1.807, 2.05) is 0 Å². The fraction of sp³-hybridized carbons (Fsp3) is 0.167. The maximum Gasteiger partial charge on any atom is 0.235 e. The van der Waals surface area contributed by atoms with Crippen LogP contribution in [0.15, 0.2) is 30.9 Å².